The lowest BCUT2D eigenvalue weighted by Crippen LogP contribution is -2.30. The van der Waals surface area contributed by atoms with Crippen molar-refractivity contribution in [2.24, 2.45) is 26.2 Å². The Hall–Kier alpha value is -4.11. The molecule has 3 aromatic rings. The SMILES string of the molecule is CCN(CC)S(=O)(=O)c1ccc(N=Nc2cc(OC)c(N=Nc3c(S(=O)(=O)O)cc4c(c3O)C(N)CC(S(=O)(=O)O)=C4)cc2C)cc1. The standard InChI is InChI=1S/C28H32N6O10S3/c1-5-34(6-2)45(36,37)19-9-7-18(8-10-19)30-31-22-15-24(44-4)23(11-16(22)3)32-33-27-25(47(41,42)43)13-17-12-20(46(38,39)40)14-21(29)26(17)28(27)35/h7-13,15,21,35H,5-6,14,29H2,1-4H3,(H,38,39,40)(H,41,42,43). The van der Waals surface area contributed by atoms with Crippen molar-refractivity contribution in [3.63, 3.8) is 0 Å². The number of rotatable bonds is 11. The summed E-state index contributed by atoms with van der Waals surface area (Å²) in [5.74, 6) is -0.647. The molecule has 1 aliphatic carbocycles. The minimum absolute atomic E-state index is 0.0728. The summed E-state index contributed by atoms with van der Waals surface area (Å²) in [5.41, 5.74) is 6.47. The highest BCUT2D eigenvalue weighted by molar-refractivity contribution is 7.90. The van der Waals surface area contributed by atoms with Crippen molar-refractivity contribution in [2.75, 3.05) is 20.2 Å². The largest absolute Gasteiger partial charge is 0.505 e. The number of aromatic hydroxyl groups is 1. The van der Waals surface area contributed by atoms with E-state index in [1.807, 2.05) is 0 Å². The summed E-state index contributed by atoms with van der Waals surface area (Å²) in [4.78, 5) is -1.28. The van der Waals surface area contributed by atoms with Crippen LogP contribution in [0.2, 0.25) is 0 Å². The van der Waals surface area contributed by atoms with Crippen LogP contribution in [-0.4, -0.2) is 64.0 Å². The van der Waals surface area contributed by atoms with Gasteiger partial charge < -0.3 is 15.6 Å². The van der Waals surface area contributed by atoms with Crippen LogP contribution >= 0.6 is 0 Å². The summed E-state index contributed by atoms with van der Waals surface area (Å²) >= 11 is 0. The van der Waals surface area contributed by atoms with Gasteiger partial charge in [0.1, 0.15) is 27.8 Å². The molecular weight excluding hydrogens is 677 g/mol. The van der Waals surface area contributed by atoms with Crippen molar-refractivity contribution in [2.45, 2.75) is 43.0 Å². The summed E-state index contributed by atoms with van der Waals surface area (Å²) in [6, 6.07) is 8.54. The number of benzene rings is 3. The molecule has 0 bridgehead atoms. The lowest BCUT2D eigenvalue weighted by atomic mass is 9.91. The number of methoxy groups -OCH3 is 1. The third kappa shape index (κ3) is 7.56. The van der Waals surface area contributed by atoms with Gasteiger partial charge in [0.25, 0.3) is 20.2 Å². The number of phenolic OH excluding ortho intramolecular Hbond substituents is 1. The van der Waals surface area contributed by atoms with Crippen molar-refractivity contribution in [3.8, 4) is 11.5 Å². The Balaban J connectivity index is 1.70. The number of phenols is 1. The Kier molecular flexibility index (Phi) is 10.3. The van der Waals surface area contributed by atoms with E-state index in [4.69, 9.17) is 10.5 Å². The van der Waals surface area contributed by atoms with Crippen LogP contribution < -0.4 is 10.5 Å². The Bertz CT molecular complexity index is 2130. The molecule has 3 aromatic carbocycles. The lowest BCUT2D eigenvalue weighted by Gasteiger charge is -2.23. The van der Waals surface area contributed by atoms with Gasteiger partial charge in [-0.25, -0.2) is 8.42 Å². The van der Waals surface area contributed by atoms with Crippen LogP contribution in [0.3, 0.4) is 0 Å². The predicted molar refractivity (Wildman–Crippen MR) is 172 cm³/mol. The second-order valence-electron chi connectivity index (χ2n) is 10.2. The van der Waals surface area contributed by atoms with E-state index in [1.54, 1.807) is 20.8 Å². The Morgan fingerprint density at radius 3 is 2.06 bits per heavy atom. The minimum atomic E-state index is -5.04. The maximum Gasteiger partial charge on any atom is 0.296 e. The first kappa shape index (κ1) is 35.7. The summed E-state index contributed by atoms with van der Waals surface area (Å²) < 4.78 is 99.3. The number of nitrogens with zero attached hydrogens (tertiary/aromatic N) is 5. The Labute approximate surface area is 271 Å². The van der Waals surface area contributed by atoms with Crippen molar-refractivity contribution in [3.05, 3.63) is 64.1 Å². The monoisotopic (exact) mass is 708 g/mol. The van der Waals surface area contributed by atoms with Crippen LogP contribution in [0.25, 0.3) is 6.08 Å². The van der Waals surface area contributed by atoms with Gasteiger partial charge in [0.15, 0.2) is 0 Å². The van der Waals surface area contributed by atoms with Crippen LogP contribution in [0.4, 0.5) is 22.7 Å². The molecule has 0 aliphatic heterocycles. The molecule has 16 nitrogen and oxygen atoms in total. The molecule has 0 saturated carbocycles. The van der Waals surface area contributed by atoms with E-state index in [1.165, 1.54) is 47.8 Å². The first-order valence-corrected chi connectivity index (χ1v) is 18.2. The molecule has 0 fully saturated rings. The van der Waals surface area contributed by atoms with Gasteiger partial charge in [0.2, 0.25) is 10.0 Å². The molecule has 5 N–H and O–H groups in total. The zero-order valence-electron chi connectivity index (χ0n) is 25.6. The normalized spacial score (nSPS) is 15.7. The molecule has 1 atom stereocenters. The van der Waals surface area contributed by atoms with E-state index in [0.29, 0.717) is 30.0 Å². The van der Waals surface area contributed by atoms with Gasteiger partial charge in [0, 0.05) is 37.2 Å². The zero-order chi connectivity index (χ0) is 34.9. The fourth-order valence-corrected chi connectivity index (χ4v) is 7.61. The van der Waals surface area contributed by atoms with Gasteiger partial charge in [-0.3, -0.25) is 9.11 Å². The van der Waals surface area contributed by atoms with E-state index >= 15 is 0 Å². The van der Waals surface area contributed by atoms with Crippen molar-refractivity contribution >= 4 is 59.1 Å². The van der Waals surface area contributed by atoms with Crippen molar-refractivity contribution in [1.82, 2.24) is 4.31 Å². The summed E-state index contributed by atoms with van der Waals surface area (Å²) in [5, 5.41) is 27.3. The summed E-state index contributed by atoms with van der Waals surface area (Å²) in [6.07, 6.45) is 0.537. The third-order valence-corrected chi connectivity index (χ3v) is 11.1. The number of fused-ring (bicyclic) bond motifs is 1. The number of ether oxygens (including phenoxy) is 1. The van der Waals surface area contributed by atoms with Gasteiger partial charge in [-0.2, -0.15) is 31.4 Å². The molecule has 0 saturated heterocycles. The van der Waals surface area contributed by atoms with Gasteiger partial charge in [0.05, 0.1) is 28.3 Å². The molecular formula is C28H32N6O10S3. The molecule has 0 spiro atoms. The number of aryl methyl sites for hydroxylation is 1. The van der Waals surface area contributed by atoms with Gasteiger partial charge in [-0.05, 0) is 60.5 Å². The van der Waals surface area contributed by atoms with Crippen LogP contribution in [0.5, 0.6) is 11.5 Å². The van der Waals surface area contributed by atoms with E-state index in [0.717, 1.165) is 12.1 Å². The fourth-order valence-electron chi connectivity index (χ4n) is 4.83. The maximum atomic E-state index is 12.7. The van der Waals surface area contributed by atoms with E-state index in [-0.39, 0.29) is 27.5 Å². The quantitative estimate of drug-likeness (QED) is 0.144. The van der Waals surface area contributed by atoms with Crippen LogP contribution in [-0.2, 0) is 30.3 Å². The molecule has 19 heteroatoms. The topological polar surface area (TPSA) is 251 Å². The van der Waals surface area contributed by atoms with E-state index < -0.39 is 64.0 Å². The molecule has 4 rings (SSSR count). The fraction of sp³-hybridized carbons (Fsp3) is 0.286. The highest BCUT2D eigenvalue weighted by Gasteiger charge is 2.32. The number of nitrogens with two attached hydrogens (primary N) is 1. The average molecular weight is 709 g/mol. The summed E-state index contributed by atoms with van der Waals surface area (Å²) in [7, 11) is -12.0. The van der Waals surface area contributed by atoms with Gasteiger partial charge >= 0.3 is 0 Å². The van der Waals surface area contributed by atoms with E-state index in [9.17, 15) is 39.5 Å². The zero-order valence-corrected chi connectivity index (χ0v) is 28.0. The van der Waals surface area contributed by atoms with Crippen molar-refractivity contribution in [1.29, 1.82) is 0 Å². The minimum Gasteiger partial charge on any atom is -0.505 e. The number of hydrogen-bond acceptors (Lipinski definition) is 13. The van der Waals surface area contributed by atoms with Crippen LogP contribution in [0.1, 0.15) is 43.0 Å². The van der Waals surface area contributed by atoms with Gasteiger partial charge in [-0.15, -0.1) is 10.2 Å². The average Bonchev–Trinajstić information content (AvgIpc) is 2.99. The molecule has 0 amide bonds. The molecule has 252 valence electrons. The second kappa shape index (κ2) is 13.6. The molecule has 1 aliphatic rings. The Morgan fingerprint density at radius 1 is 0.894 bits per heavy atom. The highest BCUT2D eigenvalue weighted by atomic mass is 32.2. The van der Waals surface area contributed by atoms with Crippen molar-refractivity contribution < 1.29 is 44.2 Å². The Morgan fingerprint density at radius 2 is 1.51 bits per heavy atom. The number of hydrogen-bond donors (Lipinski definition) is 4. The molecule has 0 heterocycles. The highest BCUT2D eigenvalue weighted by Crippen LogP contribution is 2.47. The maximum absolute atomic E-state index is 12.7. The molecule has 1 unspecified atom stereocenters. The first-order valence-electron chi connectivity index (χ1n) is 13.9. The number of azo groups is 2. The molecule has 0 aromatic heterocycles. The van der Waals surface area contributed by atoms with Crippen LogP contribution in [0, 0.1) is 6.92 Å². The van der Waals surface area contributed by atoms with Crippen LogP contribution in [0.15, 0.2) is 77.6 Å². The smallest absolute Gasteiger partial charge is 0.296 e. The second-order valence-corrected chi connectivity index (χ2v) is 15.0. The first-order chi connectivity index (χ1) is 21.9. The summed E-state index contributed by atoms with van der Waals surface area (Å²) in [6.45, 7) is 5.84. The predicted octanol–water partition coefficient (Wildman–Crippen LogP) is 5.45. The molecule has 47 heavy (non-hydrogen) atoms. The lowest BCUT2D eigenvalue weighted by molar-refractivity contribution is 0.416. The molecule has 0 radical (unpaired) electrons. The van der Waals surface area contributed by atoms with Gasteiger partial charge in [-0.1, -0.05) is 13.8 Å². The number of sulfonamides is 1. The third-order valence-electron chi connectivity index (χ3n) is 7.24. The van der Waals surface area contributed by atoms with E-state index in [2.05, 4.69) is 20.5 Å².